The van der Waals surface area contributed by atoms with E-state index in [1.54, 1.807) is 24.5 Å². The third-order valence-electron chi connectivity index (χ3n) is 4.62. The van der Waals surface area contributed by atoms with Crippen molar-refractivity contribution in [3.63, 3.8) is 0 Å². The van der Waals surface area contributed by atoms with Gasteiger partial charge in [0.05, 0.1) is 0 Å². The van der Waals surface area contributed by atoms with Crippen LogP contribution in [0.5, 0.6) is 0 Å². The molecule has 2 heterocycles. The zero-order valence-corrected chi connectivity index (χ0v) is 14.6. The Kier molecular flexibility index (Phi) is 6.40. The minimum absolute atomic E-state index is 0.0149. The Morgan fingerprint density at radius 3 is 2.40 bits per heavy atom. The summed E-state index contributed by atoms with van der Waals surface area (Å²) in [6.45, 7) is 6.22. The number of carbonyl (C=O) groups is 1. The first kappa shape index (κ1) is 17.4. The number of carbonyl (C=O) groups excluding carboxylic acids is 1. The molecule has 0 unspecified atom stereocenters. The summed E-state index contributed by atoms with van der Waals surface area (Å²) in [6, 6.07) is 14.1. The highest BCUT2D eigenvalue weighted by molar-refractivity contribution is 5.93. The van der Waals surface area contributed by atoms with Crippen LogP contribution < -0.4 is 10.2 Å². The largest absolute Gasteiger partial charge is 0.369 e. The van der Waals surface area contributed by atoms with Crippen molar-refractivity contribution in [2.75, 3.05) is 44.2 Å². The molecule has 1 aliphatic rings. The van der Waals surface area contributed by atoms with Crippen LogP contribution in [0.15, 0.2) is 54.9 Å². The van der Waals surface area contributed by atoms with Gasteiger partial charge in [-0.15, -0.1) is 0 Å². The number of nitrogens with zero attached hydrogens (tertiary/aromatic N) is 3. The Bertz CT molecular complexity index is 639. The number of benzene rings is 1. The molecule has 0 atom stereocenters. The smallest absolute Gasteiger partial charge is 0.251 e. The van der Waals surface area contributed by atoms with Gasteiger partial charge in [-0.05, 0) is 43.7 Å². The molecule has 0 bridgehead atoms. The van der Waals surface area contributed by atoms with E-state index in [1.807, 2.05) is 0 Å². The lowest BCUT2D eigenvalue weighted by Crippen LogP contribution is -2.46. The molecular formula is C20H26N4O. The van der Waals surface area contributed by atoms with Crippen LogP contribution in [-0.4, -0.2) is 55.1 Å². The van der Waals surface area contributed by atoms with E-state index >= 15 is 0 Å². The van der Waals surface area contributed by atoms with E-state index in [-0.39, 0.29) is 5.91 Å². The molecule has 1 aromatic carbocycles. The van der Waals surface area contributed by atoms with Gasteiger partial charge in [0, 0.05) is 56.4 Å². The van der Waals surface area contributed by atoms with Gasteiger partial charge in [0.15, 0.2) is 0 Å². The molecule has 132 valence electrons. The molecular weight excluding hydrogens is 312 g/mol. The lowest BCUT2D eigenvalue weighted by Gasteiger charge is -2.36. The zero-order valence-electron chi connectivity index (χ0n) is 14.6. The predicted octanol–water partition coefficient (Wildman–Crippen LogP) is 2.41. The zero-order chi connectivity index (χ0) is 17.3. The Morgan fingerprint density at radius 1 is 0.960 bits per heavy atom. The molecule has 25 heavy (non-hydrogen) atoms. The van der Waals surface area contributed by atoms with Crippen LogP contribution in [0.2, 0.25) is 0 Å². The van der Waals surface area contributed by atoms with Crippen molar-refractivity contribution in [1.82, 2.24) is 15.2 Å². The van der Waals surface area contributed by atoms with Crippen molar-refractivity contribution in [3.05, 3.63) is 60.4 Å². The van der Waals surface area contributed by atoms with Crippen LogP contribution in [0.4, 0.5) is 5.69 Å². The highest BCUT2D eigenvalue weighted by atomic mass is 16.1. The molecule has 1 aromatic heterocycles. The summed E-state index contributed by atoms with van der Waals surface area (Å²) in [5.74, 6) is -0.0149. The molecule has 1 saturated heterocycles. The normalized spacial score (nSPS) is 15.1. The standard InChI is InChI=1S/C20H26N4O/c25-20(18-8-11-21-12-9-18)22-10-4-5-13-23-14-16-24(17-15-23)19-6-2-1-3-7-19/h1-3,6-9,11-12H,4-5,10,13-17H2,(H,22,25). The van der Waals surface area contributed by atoms with Gasteiger partial charge < -0.3 is 10.2 Å². The van der Waals surface area contributed by atoms with Gasteiger partial charge in [0.1, 0.15) is 0 Å². The van der Waals surface area contributed by atoms with Crippen molar-refractivity contribution in [3.8, 4) is 0 Å². The number of pyridine rings is 1. The van der Waals surface area contributed by atoms with Gasteiger partial charge in [-0.25, -0.2) is 0 Å². The molecule has 0 aliphatic carbocycles. The average Bonchev–Trinajstić information content (AvgIpc) is 2.69. The number of amides is 1. The topological polar surface area (TPSA) is 48.5 Å². The maximum atomic E-state index is 11.9. The van der Waals surface area contributed by atoms with E-state index < -0.39 is 0 Å². The summed E-state index contributed by atoms with van der Waals surface area (Å²) < 4.78 is 0. The van der Waals surface area contributed by atoms with Gasteiger partial charge in [-0.3, -0.25) is 14.7 Å². The Balaban J connectivity index is 1.28. The number of piperazine rings is 1. The fourth-order valence-electron chi connectivity index (χ4n) is 3.14. The number of unbranched alkanes of at least 4 members (excludes halogenated alkanes) is 1. The quantitative estimate of drug-likeness (QED) is 0.788. The molecule has 1 amide bonds. The van der Waals surface area contributed by atoms with Crippen LogP contribution in [-0.2, 0) is 0 Å². The maximum absolute atomic E-state index is 11.9. The SMILES string of the molecule is O=C(NCCCCN1CCN(c2ccccc2)CC1)c1ccncc1. The molecule has 5 heteroatoms. The monoisotopic (exact) mass is 338 g/mol. The summed E-state index contributed by atoms with van der Waals surface area (Å²) in [6.07, 6.45) is 5.41. The number of para-hydroxylation sites is 1. The number of hydrogen-bond donors (Lipinski definition) is 1. The van der Waals surface area contributed by atoms with Gasteiger partial charge in [0.25, 0.3) is 5.91 Å². The van der Waals surface area contributed by atoms with Gasteiger partial charge in [0.2, 0.25) is 0 Å². The highest BCUT2D eigenvalue weighted by Gasteiger charge is 2.16. The first-order chi connectivity index (χ1) is 12.3. The van der Waals surface area contributed by atoms with E-state index in [9.17, 15) is 4.79 Å². The van der Waals surface area contributed by atoms with E-state index in [0.717, 1.165) is 52.1 Å². The van der Waals surface area contributed by atoms with Crippen molar-refractivity contribution in [2.45, 2.75) is 12.8 Å². The van der Waals surface area contributed by atoms with E-state index in [0.29, 0.717) is 5.56 Å². The van der Waals surface area contributed by atoms with Crippen molar-refractivity contribution >= 4 is 11.6 Å². The fraction of sp³-hybridized carbons (Fsp3) is 0.400. The number of aromatic nitrogens is 1. The first-order valence-corrected chi connectivity index (χ1v) is 9.03. The fourth-order valence-corrected chi connectivity index (χ4v) is 3.14. The summed E-state index contributed by atoms with van der Waals surface area (Å²) in [4.78, 5) is 20.8. The second kappa shape index (κ2) is 9.18. The molecule has 1 aliphatic heterocycles. The van der Waals surface area contributed by atoms with Crippen molar-refractivity contribution < 1.29 is 4.79 Å². The van der Waals surface area contributed by atoms with E-state index in [2.05, 4.69) is 50.4 Å². The summed E-state index contributed by atoms with van der Waals surface area (Å²) in [5, 5.41) is 2.97. The highest BCUT2D eigenvalue weighted by Crippen LogP contribution is 2.15. The number of anilines is 1. The molecule has 0 radical (unpaired) electrons. The Hall–Kier alpha value is -2.40. The second-order valence-corrected chi connectivity index (χ2v) is 6.36. The molecule has 5 nitrogen and oxygen atoms in total. The van der Waals surface area contributed by atoms with E-state index in [4.69, 9.17) is 0 Å². The number of hydrogen-bond acceptors (Lipinski definition) is 4. The average molecular weight is 338 g/mol. The molecule has 2 aromatic rings. The minimum Gasteiger partial charge on any atom is -0.369 e. The molecule has 1 fully saturated rings. The van der Waals surface area contributed by atoms with E-state index in [1.165, 1.54) is 5.69 Å². The molecule has 1 N–H and O–H groups in total. The third-order valence-corrected chi connectivity index (χ3v) is 4.62. The first-order valence-electron chi connectivity index (χ1n) is 9.03. The van der Waals surface area contributed by atoms with Gasteiger partial charge in [-0.2, -0.15) is 0 Å². The summed E-state index contributed by atoms with van der Waals surface area (Å²) in [7, 11) is 0. The lowest BCUT2D eigenvalue weighted by molar-refractivity contribution is 0.0952. The summed E-state index contributed by atoms with van der Waals surface area (Å²) >= 11 is 0. The van der Waals surface area contributed by atoms with Crippen LogP contribution >= 0.6 is 0 Å². The molecule has 3 rings (SSSR count). The van der Waals surface area contributed by atoms with Crippen molar-refractivity contribution in [2.24, 2.45) is 0 Å². The van der Waals surface area contributed by atoms with Gasteiger partial charge >= 0.3 is 0 Å². The molecule has 0 saturated carbocycles. The Morgan fingerprint density at radius 2 is 1.68 bits per heavy atom. The number of rotatable bonds is 7. The van der Waals surface area contributed by atoms with Crippen LogP contribution in [0.1, 0.15) is 23.2 Å². The van der Waals surface area contributed by atoms with Crippen LogP contribution in [0, 0.1) is 0 Å². The Labute approximate surface area is 149 Å². The predicted molar refractivity (Wildman–Crippen MR) is 101 cm³/mol. The second-order valence-electron chi connectivity index (χ2n) is 6.36. The molecule has 0 spiro atoms. The third kappa shape index (κ3) is 5.29. The van der Waals surface area contributed by atoms with Crippen molar-refractivity contribution in [1.29, 1.82) is 0 Å². The number of nitrogens with one attached hydrogen (secondary N) is 1. The minimum atomic E-state index is -0.0149. The summed E-state index contributed by atoms with van der Waals surface area (Å²) in [5.41, 5.74) is 1.99. The van der Waals surface area contributed by atoms with Crippen LogP contribution in [0.3, 0.4) is 0 Å². The van der Waals surface area contributed by atoms with Gasteiger partial charge in [-0.1, -0.05) is 18.2 Å². The maximum Gasteiger partial charge on any atom is 0.251 e. The lowest BCUT2D eigenvalue weighted by atomic mass is 10.2. The van der Waals surface area contributed by atoms with Crippen LogP contribution in [0.25, 0.3) is 0 Å².